The molecule has 252 valence electrons. The largest absolute Gasteiger partial charge is 0.510 e. The summed E-state index contributed by atoms with van der Waals surface area (Å²) in [5.74, 6) is 0.0857. The van der Waals surface area contributed by atoms with Gasteiger partial charge in [0.05, 0.1) is 38.4 Å². The van der Waals surface area contributed by atoms with Crippen molar-refractivity contribution in [1.29, 1.82) is 0 Å². The van der Waals surface area contributed by atoms with Crippen LogP contribution in [0.25, 0.3) is 0 Å². The predicted octanol–water partition coefficient (Wildman–Crippen LogP) is 3.81. The van der Waals surface area contributed by atoms with E-state index >= 15 is 0 Å². The van der Waals surface area contributed by atoms with Crippen LogP contribution in [0.15, 0.2) is 63.8 Å². The molecule has 1 aromatic carbocycles. The number of fused-ring (bicyclic) bond motifs is 1. The van der Waals surface area contributed by atoms with Gasteiger partial charge in [0.2, 0.25) is 0 Å². The number of morpholine rings is 1. The Hall–Kier alpha value is -4.09. The highest BCUT2D eigenvalue weighted by Gasteiger charge is 2.43. The lowest BCUT2D eigenvalue weighted by Gasteiger charge is -2.38. The number of piperazine rings is 1. The molecule has 2 N–H and O–H groups in total. The highest BCUT2D eigenvalue weighted by molar-refractivity contribution is 7.14. The van der Waals surface area contributed by atoms with E-state index < -0.39 is 23.9 Å². The number of amidine groups is 1. The Morgan fingerprint density at radius 3 is 2.85 bits per heavy atom. The van der Waals surface area contributed by atoms with Crippen LogP contribution in [0.3, 0.4) is 0 Å². The van der Waals surface area contributed by atoms with Crippen molar-refractivity contribution in [2.75, 3.05) is 69.3 Å². The van der Waals surface area contributed by atoms with Crippen molar-refractivity contribution in [3.05, 3.63) is 80.2 Å². The number of esters is 1. The minimum absolute atomic E-state index is 0.0225. The number of nitrogens with one attached hydrogen (secondary N) is 1. The summed E-state index contributed by atoms with van der Waals surface area (Å²) in [6.45, 7) is 7.46. The Balaban J connectivity index is 1.11. The maximum atomic E-state index is 14.0. The van der Waals surface area contributed by atoms with E-state index in [9.17, 15) is 19.1 Å². The quantitative estimate of drug-likeness (QED) is 0.262. The summed E-state index contributed by atoms with van der Waals surface area (Å²) in [7, 11) is 1.30. The average Bonchev–Trinajstić information content (AvgIpc) is 3.85. The molecule has 0 bridgehead atoms. The van der Waals surface area contributed by atoms with Gasteiger partial charge in [-0.05, 0) is 12.1 Å². The number of halogens is 2. The number of methoxy groups -OCH3 is 1. The second kappa shape index (κ2) is 13.4. The lowest BCUT2D eigenvalue weighted by molar-refractivity contribution is -0.136. The first-order chi connectivity index (χ1) is 23.2. The molecule has 1 unspecified atom stereocenters. The molecule has 17 heteroatoms. The molecule has 0 aliphatic carbocycles. The fourth-order valence-corrected chi connectivity index (χ4v) is 8.05. The summed E-state index contributed by atoms with van der Waals surface area (Å²) in [6, 6.07) is 2.95. The van der Waals surface area contributed by atoms with Gasteiger partial charge in [-0.3, -0.25) is 14.8 Å². The molecule has 13 nitrogen and oxygen atoms in total. The summed E-state index contributed by atoms with van der Waals surface area (Å²) in [4.78, 5) is 48.7. The number of benzene rings is 1. The number of carbonyl (C=O) groups excluding carboxylic acids is 2. The summed E-state index contributed by atoms with van der Waals surface area (Å²) < 4.78 is 24.8. The molecule has 6 heterocycles. The van der Waals surface area contributed by atoms with Crippen LogP contribution in [0.2, 0.25) is 5.02 Å². The smallest absolute Gasteiger partial charge is 0.338 e. The second-order valence-electron chi connectivity index (χ2n) is 11.7. The average molecular weight is 715 g/mol. The fraction of sp³-hybridized carbons (Fsp3) is 0.387. The van der Waals surface area contributed by atoms with Crippen molar-refractivity contribution in [3.63, 3.8) is 0 Å². The molecule has 0 spiro atoms. The number of hydrogen-bond donors (Lipinski definition) is 2. The van der Waals surface area contributed by atoms with Crippen LogP contribution in [0.1, 0.15) is 16.6 Å². The molecule has 2 aromatic heterocycles. The maximum Gasteiger partial charge on any atom is 0.338 e. The molecule has 3 fully saturated rings. The zero-order valence-electron chi connectivity index (χ0n) is 25.8. The van der Waals surface area contributed by atoms with Gasteiger partial charge in [-0.2, -0.15) is 0 Å². The molecule has 7 rings (SSSR count). The van der Waals surface area contributed by atoms with E-state index in [0.717, 1.165) is 5.82 Å². The maximum absolute atomic E-state index is 14.0. The second-order valence-corrected chi connectivity index (χ2v) is 13.8. The zero-order valence-corrected chi connectivity index (χ0v) is 28.2. The first kappa shape index (κ1) is 32.5. The first-order valence-electron chi connectivity index (χ1n) is 15.2. The third kappa shape index (κ3) is 6.25. The molecular formula is C31H32ClFN8O5S2. The Morgan fingerprint density at radius 1 is 1.25 bits per heavy atom. The number of hydrogen-bond acceptors (Lipinski definition) is 13. The summed E-state index contributed by atoms with van der Waals surface area (Å²) in [5.41, 5.74) is 1.30. The number of aliphatic hydroxyl groups is 1. The monoisotopic (exact) mass is 714 g/mol. The molecule has 48 heavy (non-hydrogen) atoms. The number of nitrogens with zero attached hydrogens (tertiary/aromatic N) is 7. The van der Waals surface area contributed by atoms with Crippen molar-refractivity contribution < 1.29 is 28.6 Å². The van der Waals surface area contributed by atoms with Crippen LogP contribution in [0, 0.1) is 5.82 Å². The van der Waals surface area contributed by atoms with Crippen LogP contribution in [-0.2, 0) is 14.3 Å². The molecule has 4 aliphatic rings. The number of ether oxygens (including phenoxy) is 2. The summed E-state index contributed by atoms with van der Waals surface area (Å²) in [5, 5.41) is 18.3. The minimum atomic E-state index is -0.859. The van der Waals surface area contributed by atoms with Gasteiger partial charge in [0.25, 0.3) is 0 Å². The van der Waals surface area contributed by atoms with E-state index in [0.29, 0.717) is 79.7 Å². The third-order valence-electron chi connectivity index (χ3n) is 8.71. The first-order valence-corrected chi connectivity index (χ1v) is 17.3. The van der Waals surface area contributed by atoms with Crippen molar-refractivity contribution >= 4 is 63.1 Å². The van der Waals surface area contributed by atoms with Crippen LogP contribution in [0.4, 0.5) is 20.1 Å². The van der Waals surface area contributed by atoms with Crippen LogP contribution < -0.4 is 15.1 Å². The number of aromatic nitrogens is 2. The number of amides is 2. The molecule has 4 aliphatic heterocycles. The predicted molar refractivity (Wildman–Crippen MR) is 180 cm³/mol. The topological polar surface area (TPSA) is 136 Å². The number of carbonyl (C=O) groups is 2. The summed E-state index contributed by atoms with van der Waals surface area (Å²) >= 11 is 9.29. The number of aliphatic hydroxyl groups excluding tert-OH is 1. The summed E-state index contributed by atoms with van der Waals surface area (Å²) in [6.07, 6.45) is 1.18. The molecule has 3 saturated heterocycles. The van der Waals surface area contributed by atoms with Gasteiger partial charge in [-0.25, -0.2) is 23.9 Å². The molecule has 2 amide bonds. The van der Waals surface area contributed by atoms with Gasteiger partial charge >= 0.3 is 12.0 Å². The van der Waals surface area contributed by atoms with E-state index in [4.69, 9.17) is 31.1 Å². The molecule has 0 radical (unpaired) electrons. The lowest BCUT2D eigenvalue weighted by atomic mass is 9.95. The highest BCUT2D eigenvalue weighted by Crippen LogP contribution is 2.38. The van der Waals surface area contributed by atoms with Gasteiger partial charge in [-0.15, -0.1) is 22.7 Å². The lowest BCUT2D eigenvalue weighted by Crippen LogP contribution is -2.53. The number of anilines is 2. The molecule has 0 saturated carbocycles. The van der Waals surface area contributed by atoms with E-state index in [1.807, 2.05) is 20.6 Å². The molecular weight excluding hydrogens is 683 g/mol. The van der Waals surface area contributed by atoms with Gasteiger partial charge in [-0.1, -0.05) is 24.2 Å². The fourth-order valence-electron chi connectivity index (χ4n) is 6.35. The van der Waals surface area contributed by atoms with Gasteiger partial charge in [0.15, 0.2) is 16.0 Å². The van der Waals surface area contributed by atoms with Crippen molar-refractivity contribution in [2.24, 2.45) is 4.99 Å². The van der Waals surface area contributed by atoms with E-state index in [2.05, 4.69) is 21.8 Å². The Kier molecular flexibility index (Phi) is 9.08. The zero-order chi connectivity index (χ0) is 33.5. The van der Waals surface area contributed by atoms with Gasteiger partial charge in [0.1, 0.15) is 29.5 Å². The van der Waals surface area contributed by atoms with Crippen LogP contribution >= 0.6 is 34.3 Å². The van der Waals surface area contributed by atoms with Crippen molar-refractivity contribution in [3.8, 4) is 0 Å². The number of aliphatic imine (C=N–C) groups is 1. The van der Waals surface area contributed by atoms with Gasteiger partial charge < -0.3 is 29.7 Å². The van der Waals surface area contributed by atoms with E-state index in [1.54, 1.807) is 11.1 Å². The minimum Gasteiger partial charge on any atom is -0.510 e. The number of thiazole rings is 2. The van der Waals surface area contributed by atoms with Gasteiger partial charge in [0, 0.05) is 66.0 Å². The van der Waals surface area contributed by atoms with Crippen molar-refractivity contribution in [2.45, 2.75) is 18.2 Å². The number of rotatable bonds is 8. The van der Waals surface area contributed by atoms with E-state index in [-0.39, 0.29) is 28.4 Å². The Morgan fingerprint density at radius 2 is 2.10 bits per heavy atom. The van der Waals surface area contributed by atoms with Crippen LogP contribution in [0.5, 0.6) is 0 Å². The number of urea groups is 1. The Bertz CT molecular complexity index is 1800. The molecule has 3 atom stereocenters. The van der Waals surface area contributed by atoms with Crippen molar-refractivity contribution in [1.82, 2.24) is 25.1 Å². The standard InChI is InChI=1S/C31H32ClFN8O5S2/c1-17(42)23-15-39(8-9-46-23)24-16-48-30(36-24)41-13-19-12-38(6-7-40(19)31(41)44)14-22-25(29(43)45-2)26(20-4-3-18(33)11-21(20)32)37-27(35-22)28-34-5-10-47-28/h3-5,10-11,16,19,23,26,42H,1,6-9,12-15H2,2H3,(H,35,37)/t19-,23?,26-/m0/s1. The Labute approximate surface area is 288 Å². The van der Waals surface area contributed by atoms with Crippen LogP contribution in [-0.4, -0.2) is 114 Å². The normalized spacial score (nSPS) is 23.2. The molecule has 3 aromatic rings. The van der Waals surface area contributed by atoms with E-state index in [1.165, 1.54) is 48.0 Å². The highest BCUT2D eigenvalue weighted by atomic mass is 35.5. The third-order valence-corrected chi connectivity index (χ3v) is 10.7. The SMILES string of the molecule is C=C(O)C1CN(c2csc(N3C[C@@H]4CN(CC5=C(C(=O)OC)[C@H](c6ccc(F)cc6Cl)N=C(c6nccs6)N5)CCN4C3=O)n2)CCO1.